The minimum absolute atomic E-state index is 0.0125. The van der Waals surface area contributed by atoms with Crippen LogP contribution in [0.5, 0.6) is 5.75 Å². The monoisotopic (exact) mass is 408 g/mol. The molecule has 8 heteroatoms. The van der Waals surface area contributed by atoms with Crippen LogP contribution in [0, 0.1) is 17.0 Å². The van der Waals surface area contributed by atoms with Crippen LogP contribution >= 0.6 is 11.8 Å². The van der Waals surface area contributed by atoms with Gasteiger partial charge in [0.1, 0.15) is 17.1 Å². The highest BCUT2D eigenvalue weighted by molar-refractivity contribution is 7.99. The number of benzene rings is 2. The molecular weight excluding hydrogens is 392 g/mol. The number of hydrogen-bond donors (Lipinski definition) is 1. The first-order valence-electron chi connectivity index (χ1n) is 8.84. The Morgan fingerprint density at radius 1 is 1.21 bits per heavy atom. The maximum atomic E-state index is 12.5. The summed E-state index contributed by atoms with van der Waals surface area (Å²) >= 11 is 1.56. The second-order valence-corrected chi connectivity index (χ2v) is 7.83. The molecule has 0 spiro atoms. The zero-order chi connectivity index (χ0) is 20.5. The SMILES string of the molecule is Cc1cc(O)c(C2=Nc3ccccc3SC(c3ccc([N+](=O)[O-])cc3)C2)c(=O)o1. The normalized spacial score (nSPS) is 15.9. The van der Waals surface area contributed by atoms with Gasteiger partial charge in [-0.25, -0.2) is 4.79 Å². The summed E-state index contributed by atoms with van der Waals surface area (Å²) in [4.78, 5) is 28.5. The third-order valence-corrected chi connectivity index (χ3v) is 5.91. The lowest BCUT2D eigenvalue weighted by molar-refractivity contribution is -0.384. The van der Waals surface area contributed by atoms with Crippen molar-refractivity contribution < 1.29 is 14.4 Å². The van der Waals surface area contributed by atoms with Crippen molar-refractivity contribution in [2.24, 2.45) is 4.99 Å². The summed E-state index contributed by atoms with van der Waals surface area (Å²) in [5.74, 6) is 0.136. The van der Waals surface area contributed by atoms with Crippen molar-refractivity contribution in [1.29, 1.82) is 0 Å². The minimum Gasteiger partial charge on any atom is -0.507 e. The zero-order valence-electron chi connectivity index (χ0n) is 15.4. The van der Waals surface area contributed by atoms with Gasteiger partial charge in [0.25, 0.3) is 5.69 Å². The molecule has 1 aromatic heterocycles. The summed E-state index contributed by atoms with van der Waals surface area (Å²) in [5, 5.41) is 21.2. The van der Waals surface area contributed by atoms with Crippen LogP contribution in [0.15, 0.2) is 73.7 Å². The molecule has 2 heterocycles. The lowest BCUT2D eigenvalue weighted by Crippen LogP contribution is -2.17. The van der Waals surface area contributed by atoms with Gasteiger partial charge in [-0.3, -0.25) is 15.1 Å². The predicted octanol–water partition coefficient (Wildman–Crippen LogP) is 4.92. The molecular formula is C21H16N2O5S. The summed E-state index contributed by atoms with van der Waals surface area (Å²) in [6.45, 7) is 1.59. The van der Waals surface area contributed by atoms with Crippen molar-refractivity contribution in [3.05, 3.63) is 92.0 Å². The average molecular weight is 408 g/mol. The fraction of sp³-hybridized carbons (Fsp3) is 0.143. The van der Waals surface area contributed by atoms with Gasteiger partial charge < -0.3 is 9.52 Å². The third kappa shape index (κ3) is 3.79. The summed E-state index contributed by atoms with van der Waals surface area (Å²) in [7, 11) is 0. The standard InChI is InChI=1S/C21H16N2O5S/c1-12-10-17(24)20(21(25)28-12)16-11-19(13-6-8-14(9-7-13)23(26)27)29-18-5-3-2-4-15(18)22-16/h2-10,19,24H,11H2,1H3. The van der Waals surface area contributed by atoms with E-state index in [9.17, 15) is 20.0 Å². The third-order valence-electron chi connectivity index (χ3n) is 4.59. The van der Waals surface area contributed by atoms with Gasteiger partial charge in [0.2, 0.25) is 0 Å². The lowest BCUT2D eigenvalue weighted by Gasteiger charge is -2.16. The molecule has 0 saturated heterocycles. The maximum Gasteiger partial charge on any atom is 0.348 e. The Hall–Kier alpha value is -3.39. The van der Waals surface area contributed by atoms with E-state index in [2.05, 4.69) is 4.99 Å². The molecule has 7 nitrogen and oxygen atoms in total. The number of nitrogens with zero attached hydrogens (tertiary/aromatic N) is 2. The summed E-state index contributed by atoms with van der Waals surface area (Å²) in [6.07, 6.45) is 0.346. The van der Waals surface area contributed by atoms with Gasteiger partial charge in [-0.05, 0) is 24.6 Å². The van der Waals surface area contributed by atoms with Crippen LogP contribution in [0.4, 0.5) is 11.4 Å². The quantitative estimate of drug-likeness (QED) is 0.487. The summed E-state index contributed by atoms with van der Waals surface area (Å²) in [6, 6.07) is 15.3. The topological polar surface area (TPSA) is 106 Å². The van der Waals surface area contributed by atoms with Crippen LogP contribution in [0.1, 0.15) is 28.6 Å². The first kappa shape index (κ1) is 18.9. The number of rotatable bonds is 3. The van der Waals surface area contributed by atoms with Crippen molar-refractivity contribution in [2.45, 2.75) is 23.5 Å². The van der Waals surface area contributed by atoms with E-state index in [1.54, 1.807) is 30.8 Å². The molecule has 1 atom stereocenters. The van der Waals surface area contributed by atoms with Gasteiger partial charge in [-0.1, -0.05) is 24.3 Å². The summed E-state index contributed by atoms with van der Waals surface area (Å²) in [5.41, 5.74) is 1.38. The fourth-order valence-corrected chi connectivity index (χ4v) is 4.46. The molecule has 3 aromatic rings. The predicted molar refractivity (Wildman–Crippen MR) is 110 cm³/mol. The van der Waals surface area contributed by atoms with E-state index in [-0.39, 0.29) is 22.3 Å². The van der Waals surface area contributed by atoms with E-state index in [1.807, 2.05) is 24.3 Å². The first-order chi connectivity index (χ1) is 13.9. The number of aromatic hydroxyl groups is 1. The second-order valence-electron chi connectivity index (χ2n) is 6.59. The largest absolute Gasteiger partial charge is 0.507 e. The number of nitro benzene ring substituents is 1. The van der Waals surface area contributed by atoms with Crippen LogP contribution in [0.25, 0.3) is 0 Å². The van der Waals surface area contributed by atoms with Crippen molar-refractivity contribution in [1.82, 2.24) is 0 Å². The van der Waals surface area contributed by atoms with Crippen LogP contribution in [0.2, 0.25) is 0 Å². The van der Waals surface area contributed by atoms with Crippen molar-refractivity contribution >= 4 is 28.8 Å². The van der Waals surface area contributed by atoms with Gasteiger partial charge in [0.15, 0.2) is 0 Å². The first-order valence-corrected chi connectivity index (χ1v) is 9.72. The number of thioether (sulfide) groups is 1. The number of para-hydroxylation sites is 1. The van der Waals surface area contributed by atoms with Crippen molar-refractivity contribution in [3.63, 3.8) is 0 Å². The minimum atomic E-state index is -0.645. The molecule has 1 unspecified atom stereocenters. The number of hydrogen-bond acceptors (Lipinski definition) is 7. The van der Waals surface area contributed by atoms with Crippen LogP contribution in [-0.4, -0.2) is 15.7 Å². The number of aliphatic imine (C=N–C) groups is 1. The molecule has 0 amide bonds. The number of nitro groups is 1. The number of fused-ring (bicyclic) bond motifs is 1. The van der Waals surface area contributed by atoms with Crippen molar-refractivity contribution in [2.75, 3.05) is 0 Å². The highest BCUT2D eigenvalue weighted by Crippen LogP contribution is 2.46. The molecule has 2 aromatic carbocycles. The van der Waals surface area contributed by atoms with Gasteiger partial charge in [0, 0.05) is 34.8 Å². The van der Waals surface area contributed by atoms with Gasteiger partial charge in [-0.15, -0.1) is 11.8 Å². The van der Waals surface area contributed by atoms with Crippen LogP contribution in [-0.2, 0) is 0 Å². The number of aryl methyl sites for hydroxylation is 1. The molecule has 1 aliphatic heterocycles. The molecule has 0 saturated carbocycles. The molecule has 0 aliphatic carbocycles. The molecule has 1 N–H and O–H groups in total. The molecule has 0 fully saturated rings. The molecule has 0 bridgehead atoms. The highest BCUT2D eigenvalue weighted by Gasteiger charge is 2.26. The van der Waals surface area contributed by atoms with Crippen LogP contribution < -0.4 is 5.63 Å². The Morgan fingerprint density at radius 3 is 2.62 bits per heavy atom. The molecule has 146 valence electrons. The zero-order valence-corrected chi connectivity index (χ0v) is 16.2. The van der Waals surface area contributed by atoms with E-state index in [0.29, 0.717) is 23.6 Å². The van der Waals surface area contributed by atoms with Gasteiger partial charge >= 0.3 is 5.63 Å². The van der Waals surface area contributed by atoms with Crippen LogP contribution in [0.3, 0.4) is 0 Å². The van der Waals surface area contributed by atoms with E-state index in [0.717, 1.165) is 10.5 Å². The Bertz CT molecular complexity index is 1180. The second kappa shape index (κ2) is 7.56. The van der Waals surface area contributed by atoms with E-state index < -0.39 is 10.5 Å². The van der Waals surface area contributed by atoms with E-state index >= 15 is 0 Å². The smallest absolute Gasteiger partial charge is 0.348 e. The maximum absolute atomic E-state index is 12.5. The lowest BCUT2D eigenvalue weighted by atomic mass is 10.0. The molecule has 0 radical (unpaired) electrons. The summed E-state index contributed by atoms with van der Waals surface area (Å²) < 4.78 is 5.18. The number of non-ortho nitro benzene ring substituents is 1. The Labute approximate surface area is 169 Å². The molecule has 1 aliphatic rings. The van der Waals surface area contributed by atoms with Crippen molar-refractivity contribution in [3.8, 4) is 5.75 Å². The molecule has 4 rings (SSSR count). The van der Waals surface area contributed by atoms with E-state index in [4.69, 9.17) is 4.42 Å². The average Bonchev–Trinajstić information content (AvgIpc) is 2.87. The Balaban J connectivity index is 1.82. The van der Waals surface area contributed by atoms with Gasteiger partial charge in [0.05, 0.1) is 16.3 Å². The molecule has 29 heavy (non-hydrogen) atoms. The Kier molecular flexibility index (Phi) is 4.94. The van der Waals surface area contributed by atoms with E-state index in [1.165, 1.54) is 18.2 Å². The fourth-order valence-electron chi connectivity index (χ4n) is 3.23. The Morgan fingerprint density at radius 2 is 1.93 bits per heavy atom. The highest BCUT2D eigenvalue weighted by atomic mass is 32.2. The van der Waals surface area contributed by atoms with Gasteiger partial charge in [-0.2, -0.15) is 0 Å².